The molecule has 1 aliphatic rings. The van der Waals surface area contributed by atoms with Gasteiger partial charge in [0, 0.05) is 26.8 Å². The Balaban J connectivity index is 0.00000363. The predicted octanol–water partition coefficient (Wildman–Crippen LogP) is 4.44. The number of aliphatic imine (C=N–C) groups is 1. The average molecular weight is 553 g/mol. The Morgan fingerprint density at radius 1 is 1.09 bits per heavy atom. The highest BCUT2D eigenvalue weighted by Gasteiger charge is 2.14. The zero-order valence-corrected chi connectivity index (χ0v) is 21.6. The zero-order chi connectivity index (χ0) is 21.9. The maximum atomic E-state index is 6.04. The molecule has 0 saturated carbocycles. The Bertz CT molecular complexity index is 841. The van der Waals surface area contributed by atoms with Crippen molar-refractivity contribution in [1.29, 1.82) is 0 Å². The fourth-order valence-corrected chi connectivity index (χ4v) is 3.48. The van der Waals surface area contributed by atoms with E-state index in [0.29, 0.717) is 25.8 Å². The van der Waals surface area contributed by atoms with Crippen LogP contribution in [0.4, 0.5) is 0 Å². The molecular formula is C25H36IN3O3. The smallest absolute Gasteiger partial charge is 0.191 e. The van der Waals surface area contributed by atoms with Crippen LogP contribution in [-0.4, -0.2) is 45.0 Å². The van der Waals surface area contributed by atoms with Crippen molar-refractivity contribution < 1.29 is 14.2 Å². The van der Waals surface area contributed by atoms with Crippen molar-refractivity contribution in [3.05, 3.63) is 65.2 Å². The van der Waals surface area contributed by atoms with Crippen LogP contribution < -0.4 is 15.4 Å². The number of ether oxygens (including phenoxy) is 3. The van der Waals surface area contributed by atoms with Crippen molar-refractivity contribution in [3.8, 4) is 5.75 Å². The summed E-state index contributed by atoms with van der Waals surface area (Å²) in [6.07, 6.45) is 2.29. The third-order valence-electron chi connectivity index (χ3n) is 5.31. The number of guanidine groups is 1. The van der Waals surface area contributed by atoms with E-state index in [0.717, 1.165) is 43.3 Å². The van der Waals surface area contributed by atoms with Gasteiger partial charge in [0.05, 0.1) is 19.3 Å². The Kier molecular flexibility index (Phi) is 11.8. The summed E-state index contributed by atoms with van der Waals surface area (Å²) < 4.78 is 17.5. The predicted molar refractivity (Wildman–Crippen MR) is 140 cm³/mol. The monoisotopic (exact) mass is 553 g/mol. The number of aryl methyl sites for hydroxylation is 1. The molecule has 0 bridgehead atoms. The first-order valence-electron chi connectivity index (χ1n) is 11.1. The van der Waals surface area contributed by atoms with Crippen LogP contribution in [0.15, 0.2) is 53.5 Å². The van der Waals surface area contributed by atoms with Crippen LogP contribution in [0.2, 0.25) is 0 Å². The molecular weight excluding hydrogens is 517 g/mol. The molecule has 2 aromatic rings. The Morgan fingerprint density at radius 2 is 1.84 bits per heavy atom. The Labute approximate surface area is 209 Å². The summed E-state index contributed by atoms with van der Waals surface area (Å²) in [6, 6.07) is 16.5. The summed E-state index contributed by atoms with van der Waals surface area (Å²) in [5.41, 5.74) is 3.52. The molecule has 2 N–H and O–H groups in total. The number of halogens is 1. The van der Waals surface area contributed by atoms with E-state index in [1.54, 1.807) is 7.05 Å². The van der Waals surface area contributed by atoms with Gasteiger partial charge in [-0.05, 0) is 49.4 Å². The van der Waals surface area contributed by atoms with Gasteiger partial charge in [0.25, 0.3) is 0 Å². The zero-order valence-electron chi connectivity index (χ0n) is 19.3. The second-order valence-corrected chi connectivity index (χ2v) is 7.94. The minimum absolute atomic E-state index is 0. The van der Waals surface area contributed by atoms with Gasteiger partial charge in [-0.15, -0.1) is 24.0 Å². The molecule has 1 aliphatic heterocycles. The van der Waals surface area contributed by atoms with Gasteiger partial charge >= 0.3 is 0 Å². The van der Waals surface area contributed by atoms with Crippen LogP contribution in [0.3, 0.4) is 0 Å². The normalized spacial score (nSPS) is 15.5. The van der Waals surface area contributed by atoms with Gasteiger partial charge in [0.2, 0.25) is 0 Å². The lowest BCUT2D eigenvalue weighted by Gasteiger charge is -2.22. The number of hydrogen-bond donors (Lipinski definition) is 2. The fourth-order valence-electron chi connectivity index (χ4n) is 3.48. The first-order valence-corrected chi connectivity index (χ1v) is 11.1. The lowest BCUT2D eigenvalue weighted by atomic mass is 10.1. The lowest BCUT2D eigenvalue weighted by molar-refractivity contribution is -0.0390. The van der Waals surface area contributed by atoms with Crippen LogP contribution in [0.1, 0.15) is 36.5 Å². The number of hydrogen-bond acceptors (Lipinski definition) is 4. The molecule has 0 amide bonds. The third kappa shape index (κ3) is 8.96. The average Bonchev–Trinajstić information content (AvgIpc) is 2.80. The molecule has 176 valence electrons. The van der Waals surface area contributed by atoms with Crippen molar-refractivity contribution in [3.63, 3.8) is 0 Å². The lowest BCUT2D eigenvalue weighted by Crippen LogP contribution is -2.41. The van der Waals surface area contributed by atoms with Gasteiger partial charge < -0.3 is 24.8 Å². The minimum atomic E-state index is 0. The van der Waals surface area contributed by atoms with Crippen molar-refractivity contribution >= 4 is 29.9 Å². The van der Waals surface area contributed by atoms with Crippen molar-refractivity contribution in [2.45, 2.75) is 52.0 Å². The maximum absolute atomic E-state index is 6.04. The number of rotatable bonds is 9. The highest BCUT2D eigenvalue weighted by atomic mass is 127. The largest absolute Gasteiger partial charge is 0.489 e. The Hall–Kier alpha value is -1.84. The first-order chi connectivity index (χ1) is 15.1. The van der Waals surface area contributed by atoms with Crippen LogP contribution in [-0.2, 0) is 22.6 Å². The molecule has 0 spiro atoms. The number of benzene rings is 2. The molecule has 0 aliphatic carbocycles. The van der Waals surface area contributed by atoms with E-state index in [9.17, 15) is 0 Å². The SMILES string of the molecule is CN=C(NCc1cccc(COC2CCOCC2)c1)NCC(C)Oc1ccccc1C.I. The summed E-state index contributed by atoms with van der Waals surface area (Å²) in [6.45, 7) is 7.70. The Morgan fingerprint density at radius 3 is 2.59 bits per heavy atom. The summed E-state index contributed by atoms with van der Waals surface area (Å²) in [4.78, 5) is 4.32. The second-order valence-electron chi connectivity index (χ2n) is 7.94. The van der Waals surface area contributed by atoms with E-state index in [1.807, 2.05) is 18.2 Å². The maximum Gasteiger partial charge on any atom is 0.191 e. The van der Waals surface area contributed by atoms with Gasteiger partial charge in [-0.1, -0.05) is 42.5 Å². The molecule has 7 heteroatoms. The molecule has 6 nitrogen and oxygen atoms in total. The number of nitrogens with one attached hydrogen (secondary N) is 2. The highest BCUT2D eigenvalue weighted by Crippen LogP contribution is 2.17. The first kappa shape index (κ1) is 26.4. The van der Waals surface area contributed by atoms with E-state index in [4.69, 9.17) is 14.2 Å². The molecule has 1 saturated heterocycles. The van der Waals surface area contributed by atoms with Crippen molar-refractivity contribution in [2.24, 2.45) is 4.99 Å². The van der Waals surface area contributed by atoms with E-state index in [2.05, 4.69) is 59.8 Å². The van der Waals surface area contributed by atoms with Gasteiger partial charge in [0.1, 0.15) is 11.9 Å². The summed E-state index contributed by atoms with van der Waals surface area (Å²) in [5.74, 6) is 1.67. The van der Waals surface area contributed by atoms with Gasteiger partial charge in [-0.25, -0.2) is 0 Å². The molecule has 1 fully saturated rings. The van der Waals surface area contributed by atoms with Crippen LogP contribution >= 0.6 is 24.0 Å². The second kappa shape index (κ2) is 14.3. The quantitative estimate of drug-likeness (QED) is 0.273. The fraction of sp³-hybridized carbons (Fsp3) is 0.480. The van der Waals surface area contributed by atoms with E-state index in [1.165, 1.54) is 11.1 Å². The molecule has 1 unspecified atom stereocenters. The molecule has 2 aromatic carbocycles. The van der Waals surface area contributed by atoms with E-state index < -0.39 is 0 Å². The highest BCUT2D eigenvalue weighted by molar-refractivity contribution is 14.0. The molecule has 3 rings (SSSR count). The summed E-state index contributed by atoms with van der Waals surface area (Å²) in [7, 11) is 1.78. The van der Waals surface area contributed by atoms with Crippen LogP contribution in [0, 0.1) is 6.92 Å². The number of para-hydroxylation sites is 1. The van der Waals surface area contributed by atoms with Crippen LogP contribution in [0.5, 0.6) is 5.75 Å². The summed E-state index contributed by atoms with van der Waals surface area (Å²) >= 11 is 0. The standard InChI is InChI=1S/C25H35N3O3.HI/c1-19-7-4-5-10-24(19)31-20(2)16-27-25(26-3)28-17-21-8-6-9-22(15-21)18-30-23-11-13-29-14-12-23;/h4-10,15,20,23H,11-14,16-18H2,1-3H3,(H2,26,27,28);1H. The van der Waals surface area contributed by atoms with E-state index >= 15 is 0 Å². The molecule has 32 heavy (non-hydrogen) atoms. The molecule has 0 radical (unpaired) electrons. The van der Waals surface area contributed by atoms with Gasteiger partial charge in [0.15, 0.2) is 5.96 Å². The third-order valence-corrected chi connectivity index (χ3v) is 5.31. The molecule has 1 heterocycles. The van der Waals surface area contributed by atoms with Crippen molar-refractivity contribution in [2.75, 3.05) is 26.8 Å². The number of nitrogens with zero attached hydrogens (tertiary/aromatic N) is 1. The van der Waals surface area contributed by atoms with Crippen LogP contribution in [0.25, 0.3) is 0 Å². The van der Waals surface area contributed by atoms with Crippen molar-refractivity contribution in [1.82, 2.24) is 10.6 Å². The topological polar surface area (TPSA) is 64.1 Å². The van der Waals surface area contributed by atoms with Gasteiger partial charge in [-0.3, -0.25) is 4.99 Å². The minimum Gasteiger partial charge on any atom is -0.489 e. The van der Waals surface area contributed by atoms with E-state index in [-0.39, 0.29) is 30.1 Å². The summed E-state index contributed by atoms with van der Waals surface area (Å²) in [5, 5.41) is 6.71. The molecule has 0 aromatic heterocycles. The van der Waals surface area contributed by atoms with Gasteiger partial charge in [-0.2, -0.15) is 0 Å². The molecule has 1 atom stereocenters.